The average Bonchev–Trinajstić information content (AvgIpc) is 2.59. The van der Waals surface area contributed by atoms with Gasteiger partial charge in [-0.25, -0.2) is 0 Å². The Bertz CT molecular complexity index is 249. The van der Waals surface area contributed by atoms with Crippen LogP contribution in [0.3, 0.4) is 0 Å². The smallest absolute Gasteiger partial charge is 0.320 e. The molecule has 0 bridgehead atoms. The second kappa shape index (κ2) is 5.14. The molecular formula is C11H18O4. The van der Waals surface area contributed by atoms with Gasteiger partial charge in [0.1, 0.15) is 6.10 Å². The van der Waals surface area contributed by atoms with Gasteiger partial charge in [-0.1, -0.05) is 20.3 Å². The van der Waals surface area contributed by atoms with E-state index in [2.05, 4.69) is 0 Å². The van der Waals surface area contributed by atoms with E-state index in [0.29, 0.717) is 18.9 Å². The Morgan fingerprint density at radius 3 is 2.80 bits per heavy atom. The fourth-order valence-corrected chi connectivity index (χ4v) is 1.65. The standard InChI is InChI=1S/C11H18O4/c1-4-7(3)9-6-8(11(13)15-9)10(12)14-5-2/h7-9H,4-6H2,1-3H3. The molecule has 1 fully saturated rings. The summed E-state index contributed by atoms with van der Waals surface area (Å²) < 4.78 is 9.97. The van der Waals surface area contributed by atoms with Crippen molar-refractivity contribution in [3.8, 4) is 0 Å². The van der Waals surface area contributed by atoms with Crippen molar-refractivity contribution in [3.05, 3.63) is 0 Å². The zero-order valence-electron chi connectivity index (χ0n) is 9.49. The number of hydrogen-bond acceptors (Lipinski definition) is 4. The van der Waals surface area contributed by atoms with Gasteiger partial charge < -0.3 is 9.47 Å². The number of rotatable bonds is 4. The first-order valence-electron chi connectivity index (χ1n) is 5.47. The highest BCUT2D eigenvalue weighted by molar-refractivity contribution is 5.96. The lowest BCUT2D eigenvalue weighted by Gasteiger charge is -2.15. The molecule has 0 aliphatic carbocycles. The lowest BCUT2D eigenvalue weighted by molar-refractivity contribution is -0.156. The molecule has 0 aromatic carbocycles. The monoisotopic (exact) mass is 214 g/mol. The van der Waals surface area contributed by atoms with Gasteiger partial charge >= 0.3 is 11.9 Å². The van der Waals surface area contributed by atoms with Crippen LogP contribution in [0.5, 0.6) is 0 Å². The maximum atomic E-state index is 11.4. The second-order valence-corrected chi connectivity index (χ2v) is 3.90. The molecule has 1 aliphatic heterocycles. The van der Waals surface area contributed by atoms with E-state index in [-0.39, 0.29) is 6.10 Å². The van der Waals surface area contributed by atoms with Gasteiger partial charge in [-0.05, 0) is 12.8 Å². The molecule has 0 amide bonds. The van der Waals surface area contributed by atoms with Crippen molar-refractivity contribution in [2.24, 2.45) is 11.8 Å². The van der Waals surface area contributed by atoms with E-state index in [1.54, 1.807) is 6.92 Å². The highest BCUT2D eigenvalue weighted by atomic mass is 16.6. The number of cyclic esters (lactones) is 1. The summed E-state index contributed by atoms with van der Waals surface area (Å²) in [4.78, 5) is 22.8. The van der Waals surface area contributed by atoms with Gasteiger partial charge in [0.15, 0.2) is 5.92 Å². The molecule has 1 aliphatic rings. The Labute approximate surface area is 89.9 Å². The zero-order chi connectivity index (χ0) is 11.4. The highest BCUT2D eigenvalue weighted by Gasteiger charge is 2.42. The molecule has 0 radical (unpaired) electrons. The molecule has 0 aromatic rings. The summed E-state index contributed by atoms with van der Waals surface area (Å²) in [5.41, 5.74) is 0. The molecule has 86 valence electrons. The second-order valence-electron chi connectivity index (χ2n) is 3.90. The van der Waals surface area contributed by atoms with Gasteiger partial charge in [0.2, 0.25) is 0 Å². The molecule has 3 unspecified atom stereocenters. The van der Waals surface area contributed by atoms with Crippen LogP contribution in [0.25, 0.3) is 0 Å². The number of carbonyl (C=O) groups is 2. The largest absolute Gasteiger partial charge is 0.465 e. The van der Waals surface area contributed by atoms with Crippen molar-refractivity contribution in [2.75, 3.05) is 6.61 Å². The van der Waals surface area contributed by atoms with Crippen molar-refractivity contribution in [2.45, 2.75) is 39.7 Å². The summed E-state index contributed by atoms with van der Waals surface area (Å²) in [6.07, 6.45) is 1.28. The summed E-state index contributed by atoms with van der Waals surface area (Å²) in [7, 11) is 0. The van der Waals surface area contributed by atoms with E-state index in [9.17, 15) is 9.59 Å². The molecule has 0 aromatic heterocycles. The maximum absolute atomic E-state index is 11.4. The Morgan fingerprint density at radius 1 is 1.60 bits per heavy atom. The molecule has 15 heavy (non-hydrogen) atoms. The predicted molar refractivity (Wildman–Crippen MR) is 54.1 cm³/mol. The minimum Gasteiger partial charge on any atom is -0.465 e. The van der Waals surface area contributed by atoms with Crippen LogP contribution >= 0.6 is 0 Å². The van der Waals surface area contributed by atoms with Gasteiger partial charge in [-0.3, -0.25) is 9.59 Å². The predicted octanol–water partition coefficient (Wildman–Crippen LogP) is 1.53. The normalized spacial score (nSPS) is 27.3. The minimum absolute atomic E-state index is 0.128. The summed E-state index contributed by atoms with van der Waals surface area (Å²) in [6, 6.07) is 0. The van der Waals surface area contributed by atoms with Crippen molar-refractivity contribution in [1.82, 2.24) is 0 Å². The fraction of sp³-hybridized carbons (Fsp3) is 0.818. The summed E-state index contributed by atoms with van der Waals surface area (Å²) in [5.74, 6) is -1.29. The van der Waals surface area contributed by atoms with Crippen LogP contribution in [-0.2, 0) is 19.1 Å². The first kappa shape index (κ1) is 12.0. The van der Waals surface area contributed by atoms with Gasteiger partial charge in [0.05, 0.1) is 6.61 Å². The molecule has 1 heterocycles. The molecule has 4 heteroatoms. The molecule has 1 rings (SSSR count). The van der Waals surface area contributed by atoms with Crippen LogP contribution in [0.15, 0.2) is 0 Å². The molecule has 0 spiro atoms. The first-order valence-corrected chi connectivity index (χ1v) is 5.47. The van der Waals surface area contributed by atoms with Crippen LogP contribution in [0.4, 0.5) is 0 Å². The number of hydrogen-bond donors (Lipinski definition) is 0. The summed E-state index contributed by atoms with van der Waals surface area (Å²) in [5, 5.41) is 0. The highest BCUT2D eigenvalue weighted by Crippen LogP contribution is 2.28. The zero-order valence-corrected chi connectivity index (χ0v) is 9.49. The van der Waals surface area contributed by atoms with Crippen LogP contribution in [0.1, 0.15) is 33.6 Å². The van der Waals surface area contributed by atoms with Crippen molar-refractivity contribution >= 4 is 11.9 Å². The third kappa shape index (κ3) is 2.70. The van der Waals surface area contributed by atoms with E-state index in [1.807, 2.05) is 13.8 Å². The van der Waals surface area contributed by atoms with E-state index >= 15 is 0 Å². The van der Waals surface area contributed by atoms with E-state index in [1.165, 1.54) is 0 Å². The summed E-state index contributed by atoms with van der Waals surface area (Å²) >= 11 is 0. The molecule has 4 nitrogen and oxygen atoms in total. The van der Waals surface area contributed by atoms with Crippen molar-refractivity contribution in [3.63, 3.8) is 0 Å². The van der Waals surface area contributed by atoms with Crippen LogP contribution in [-0.4, -0.2) is 24.6 Å². The van der Waals surface area contributed by atoms with Crippen molar-refractivity contribution in [1.29, 1.82) is 0 Å². The molecular weight excluding hydrogens is 196 g/mol. The molecule has 1 saturated heterocycles. The SMILES string of the molecule is CCOC(=O)C1CC(C(C)CC)OC1=O. The fourth-order valence-electron chi connectivity index (χ4n) is 1.65. The van der Waals surface area contributed by atoms with Gasteiger partial charge in [-0.15, -0.1) is 0 Å². The lowest BCUT2D eigenvalue weighted by atomic mass is 9.95. The third-order valence-corrected chi connectivity index (χ3v) is 2.87. The first-order chi connectivity index (χ1) is 7.10. The quantitative estimate of drug-likeness (QED) is 0.526. The van der Waals surface area contributed by atoms with E-state index in [0.717, 1.165) is 6.42 Å². The maximum Gasteiger partial charge on any atom is 0.320 e. The topological polar surface area (TPSA) is 52.6 Å². The lowest BCUT2D eigenvalue weighted by Crippen LogP contribution is -2.21. The van der Waals surface area contributed by atoms with E-state index < -0.39 is 17.9 Å². The van der Waals surface area contributed by atoms with Crippen LogP contribution < -0.4 is 0 Å². The number of ether oxygens (including phenoxy) is 2. The van der Waals surface area contributed by atoms with Gasteiger partial charge in [-0.2, -0.15) is 0 Å². The summed E-state index contributed by atoms with van der Waals surface area (Å²) in [6.45, 7) is 6.09. The minimum atomic E-state index is -0.705. The molecule has 0 N–H and O–H groups in total. The number of carbonyl (C=O) groups excluding carboxylic acids is 2. The molecule has 0 saturated carbocycles. The van der Waals surface area contributed by atoms with Crippen LogP contribution in [0.2, 0.25) is 0 Å². The van der Waals surface area contributed by atoms with Gasteiger partial charge in [0, 0.05) is 6.42 Å². The molecule has 3 atom stereocenters. The van der Waals surface area contributed by atoms with Crippen LogP contribution in [0, 0.1) is 11.8 Å². The number of esters is 2. The third-order valence-electron chi connectivity index (χ3n) is 2.87. The Hall–Kier alpha value is -1.06. The Balaban J connectivity index is 2.56. The Kier molecular flexibility index (Phi) is 4.12. The van der Waals surface area contributed by atoms with Crippen molar-refractivity contribution < 1.29 is 19.1 Å². The Morgan fingerprint density at radius 2 is 2.27 bits per heavy atom. The van der Waals surface area contributed by atoms with Gasteiger partial charge in [0.25, 0.3) is 0 Å². The average molecular weight is 214 g/mol. The van der Waals surface area contributed by atoms with E-state index in [4.69, 9.17) is 9.47 Å².